The highest BCUT2D eigenvalue weighted by molar-refractivity contribution is 7.98. The van der Waals surface area contributed by atoms with Gasteiger partial charge in [0.25, 0.3) is 0 Å². The number of unbranched alkanes of at least 4 members (excludes halogenated alkanes) is 1. The summed E-state index contributed by atoms with van der Waals surface area (Å²) in [6.45, 7) is 5.94. The summed E-state index contributed by atoms with van der Waals surface area (Å²) in [6, 6.07) is -6.32. The van der Waals surface area contributed by atoms with E-state index in [-0.39, 0.29) is 43.6 Å². The van der Waals surface area contributed by atoms with Gasteiger partial charge in [0.1, 0.15) is 54.4 Å². The number of rotatable bonds is 36. The van der Waals surface area contributed by atoms with Crippen molar-refractivity contribution in [3.63, 3.8) is 0 Å². The standard InChI is InChI=1S/C48H76N14O13S3/c1-23(2)38(47(73)55-25(4)40(66)61-35(22-77)46(72)54-24(3)39(65)58-32(48(74)75)13-14-36(51)63)62-45(71)34(19-37(52)64)60-43(69)31(15-17-78-5)57-44(70)33(18-26-20-53-29-11-7-6-10-27(26)29)59-42(68)30(12-8-9-16-49)56-41(67)28(50)21-76/h6-7,10-11,20,23-25,28,30-35,38,53,76-77H,8-9,12-19,21-22,49-50H2,1-5H3,(H2,51,63)(H2,52,64)(H,54,72)(H,55,73)(H,56,67)(H,57,70)(H,58,65)(H,59,68)(H,60,69)(H,61,66)(H,62,71)(H,74,75)/t24-,25-,28-,30-,31-,32-,33-,34-,35-,38-/m0/s1. The molecule has 0 aliphatic heterocycles. The number of hydrogen-bond acceptors (Lipinski definition) is 17. The van der Waals surface area contributed by atoms with E-state index >= 15 is 0 Å². The zero-order chi connectivity index (χ0) is 58.8. The number of thiol groups is 2. The Balaban J connectivity index is 2.31. The summed E-state index contributed by atoms with van der Waals surface area (Å²) in [4.78, 5) is 160. The van der Waals surface area contributed by atoms with Crippen molar-refractivity contribution in [2.75, 3.05) is 30.1 Å². The van der Waals surface area contributed by atoms with Gasteiger partial charge in [-0.1, -0.05) is 32.0 Å². The molecule has 19 N–H and O–H groups in total. The summed E-state index contributed by atoms with van der Waals surface area (Å²) in [5.41, 5.74) is 23.6. The quantitative estimate of drug-likeness (QED) is 0.0229. The number of fused-ring (bicyclic) bond motifs is 1. The third kappa shape index (κ3) is 22.8. The van der Waals surface area contributed by atoms with Crippen LogP contribution in [0.15, 0.2) is 30.5 Å². The van der Waals surface area contributed by atoms with Crippen molar-refractivity contribution in [1.82, 2.24) is 52.8 Å². The predicted octanol–water partition coefficient (Wildman–Crippen LogP) is -3.94. The number of nitrogens with two attached hydrogens (primary N) is 4. The summed E-state index contributed by atoms with van der Waals surface area (Å²) < 4.78 is 0. The van der Waals surface area contributed by atoms with Crippen LogP contribution in [-0.2, 0) is 64.0 Å². The van der Waals surface area contributed by atoms with Crippen LogP contribution in [0.2, 0.25) is 0 Å². The topological polar surface area (TPSA) is 453 Å². The van der Waals surface area contributed by atoms with Gasteiger partial charge in [0, 0.05) is 41.4 Å². The Labute approximate surface area is 466 Å². The van der Waals surface area contributed by atoms with Crippen LogP contribution in [0.3, 0.4) is 0 Å². The number of carboxylic acid groups (broad SMARTS) is 1. The summed E-state index contributed by atoms with van der Waals surface area (Å²) in [6.07, 6.45) is 3.04. The van der Waals surface area contributed by atoms with Crippen molar-refractivity contribution in [3.05, 3.63) is 36.0 Å². The molecule has 1 aromatic heterocycles. The predicted molar refractivity (Wildman–Crippen MR) is 297 cm³/mol. The molecule has 0 radical (unpaired) electrons. The fourth-order valence-corrected chi connectivity index (χ4v) is 8.35. The lowest BCUT2D eigenvalue weighted by Gasteiger charge is -2.28. The number of aromatic nitrogens is 1. The van der Waals surface area contributed by atoms with E-state index in [1.165, 1.54) is 25.6 Å². The Bertz CT molecular complexity index is 2430. The van der Waals surface area contributed by atoms with Gasteiger partial charge in [-0.3, -0.25) is 52.7 Å². The maximum Gasteiger partial charge on any atom is 0.326 e. The van der Waals surface area contributed by atoms with Crippen LogP contribution in [-0.4, -0.2) is 172 Å². The van der Waals surface area contributed by atoms with Crippen LogP contribution in [0.5, 0.6) is 0 Å². The second kappa shape index (κ2) is 34.3. The molecule has 27 nitrogen and oxygen atoms in total. The molecule has 11 amide bonds. The Morgan fingerprint density at radius 3 is 1.65 bits per heavy atom. The van der Waals surface area contributed by atoms with Gasteiger partial charge in [-0.05, 0) is 82.1 Å². The number of primary amides is 2. The van der Waals surface area contributed by atoms with Crippen LogP contribution >= 0.6 is 37.0 Å². The van der Waals surface area contributed by atoms with Crippen LogP contribution in [0.4, 0.5) is 0 Å². The number of nitrogens with one attached hydrogen (secondary N) is 10. The lowest BCUT2D eigenvalue weighted by Crippen LogP contribution is -2.61. The first-order valence-corrected chi connectivity index (χ1v) is 27.7. The van der Waals surface area contributed by atoms with Gasteiger partial charge >= 0.3 is 5.97 Å². The molecular weight excluding hydrogens is 1080 g/mol. The zero-order valence-electron chi connectivity index (χ0n) is 44.2. The van der Waals surface area contributed by atoms with E-state index in [4.69, 9.17) is 22.9 Å². The van der Waals surface area contributed by atoms with Gasteiger partial charge < -0.3 is 80.9 Å². The molecule has 434 valence electrons. The highest BCUT2D eigenvalue weighted by atomic mass is 32.2. The van der Waals surface area contributed by atoms with Gasteiger partial charge in [-0.15, -0.1) is 0 Å². The number of hydrogen-bond donors (Lipinski definition) is 17. The molecule has 2 rings (SSSR count). The normalized spacial score (nSPS) is 15.0. The molecule has 30 heteroatoms. The lowest BCUT2D eigenvalue weighted by atomic mass is 10.0. The number of benzene rings is 1. The van der Waals surface area contributed by atoms with Gasteiger partial charge in [-0.2, -0.15) is 37.0 Å². The third-order valence-electron chi connectivity index (χ3n) is 12.0. The van der Waals surface area contributed by atoms with E-state index in [0.717, 1.165) is 10.9 Å². The number of thioether (sulfide) groups is 1. The SMILES string of the molecule is CSCC[C@H](NC(=O)[C@H](Cc1c[nH]c2ccccc12)NC(=O)[C@H](CCCCN)NC(=O)[C@@H](N)CS)C(=O)N[C@@H](CC(N)=O)C(=O)N[C@H](C(=O)N[C@@H](C)C(=O)N[C@@H](CS)C(=O)N[C@@H](C)C(=O)N[C@@H](CCC(N)=O)C(=O)O)C(C)C. The molecule has 0 saturated heterocycles. The van der Waals surface area contributed by atoms with E-state index in [2.05, 4.69) is 78.1 Å². The van der Waals surface area contributed by atoms with Gasteiger partial charge in [0.15, 0.2) is 0 Å². The zero-order valence-corrected chi connectivity index (χ0v) is 46.8. The number of H-pyrrole nitrogens is 1. The Kier molecular flexibility index (Phi) is 29.7. The smallest absolute Gasteiger partial charge is 0.326 e. The highest BCUT2D eigenvalue weighted by Crippen LogP contribution is 2.20. The van der Waals surface area contributed by atoms with Gasteiger partial charge in [0.2, 0.25) is 65.0 Å². The van der Waals surface area contributed by atoms with Crippen molar-refractivity contribution < 1.29 is 62.6 Å². The maximum absolute atomic E-state index is 14.4. The molecule has 1 heterocycles. The van der Waals surface area contributed by atoms with E-state index in [1.807, 2.05) is 18.2 Å². The fraction of sp³-hybridized carbons (Fsp3) is 0.583. The largest absolute Gasteiger partial charge is 0.480 e. The van der Waals surface area contributed by atoms with Crippen LogP contribution < -0.4 is 70.8 Å². The second-order valence-electron chi connectivity index (χ2n) is 18.7. The van der Waals surface area contributed by atoms with Crippen molar-refractivity contribution in [1.29, 1.82) is 0 Å². The average Bonchev–Trinajstić information content (AvgIpc) is 3.79. The number of carbonyl (C=O) groups is 12. The summed E-state index contributed by atoms with van der Waals surface area (Å²) >= 11 is 9.52. The Morgan fingerprint density at radius 2 is 1.10 bits per heavy atom. The molecule has 0 unspecified atom stereocenters. The molecule has 78 heavy (non-hydrogen) atoms. The number of carboxylic acids is 1. The minimum Gasteiger partial charge on any atom is -0.480 e. The molecular formula is C48H76N14O13S3. The first-order valence-electron chi connectivity index (χ1n) is 25.0. The summed E-state index contributed by atoms with van der Waals surface area (Å²) in [7, 11) is 0. The maximum atomic E-state index is 14.4. The van der Waals surface area contributed by atoms with E-state index < -0.39 is 144 Å². The summed E-state index contributed by atoms with van der Waals surface area (Å²) in [5, 5.41) is 32.5. The molecule has 0 bridgehead atoms. The molecule has 0 spiro atoms. The molecule has 10 atom stereocenters. The number of aliphatic carboxylic acids is 1. The molecule has 0 aliphatic rings. The van der Waals surface area contributed by atoms with Gasteiger partial charge in [-0.25, -0.2) is 4.79 Å². The van der Waals surface area contributed by atoms with E-state index in [9.17, 15) is 62.6 Å². The molecule has 2 aromatic rings. The van der Waals surface area contributed by atoms with Crippen LogP contribution in [0, 0.1) is 5.92 Å². The number of carbonyl (C=O) groups excluding carboxylic acids is 11. The molecule has 0 saturated carbocycles. The van der Waals surface area contributed by atoms with Crippen molar-refractivity contribution in [2.24, 2.45) is 28.9 Å². The molecule has 0 aliphatic carbocycles. The fourth-order valence-electron chi connectivity index (χ4n) is 7.45. The van der Waals surface area contributed by atoms with Crippen molar-refractivity contribution >= 4 is 119 Å². The monoisotopic (exact) mass is 1150 g/mol. The van der Waals surface area contributed by atoms with Gasteiger partial charge in [0.05, 0.1) is 12.5 Å². The van der Waals surface area contributed by atoms with Crippen LogP contribution in [0.1, 0.15) is 78.2 Å². The van der Waals surface area contributed by atoms with Crippen LogP contribution in [0.25, 0.3) is 10.9 Å². The number of aromatic amines is 1. The molecule has 1 aromatic carbocycles. The lowest BCUT2D eigenvalue weighted by molar-refractivity contribution is -0.142. The third-order valence-corrected chi connectivity index (χ3v) is 13.4. The minimum atomic E-state index is -1.70. The number of amides is 11. The second-order valence-corrected chi connectivity index (χ2v) is 20.4. The first kappa shape index (κ1) is 67.5. The average molecular weight is 1150 g/mol. The minimum absolute atomic E-state index is 0.00917. The first-order chi connectivity index (χ1) is 36.8. The Morgan fingerprint density at radius 1 is 0.590 bits per heavy atom. The van der Waals surface area contributed by atoms with Crippen molar-refractivity contribution in [3.8, 4) is 0 Å². The number of para-hydroxylation sites is 1. The molecule has 0 fully saturated rings. The van der Waals surface area contributed by atoms with E-state index in [1.54, 1.807) is 32.4 Å². The Hall–Kier alpha value is -6.63. The summed E-state index contributed by atoms with van der Waals surface area (Å²) in [5.74, 6) is -11.7. The van der Waals surface area contributed by atoms with Crippen molar-refractivity contribution in [2.45, 2.75) is 139 Å². The highest BCUT2D eigenvalue weighted by Gasteiger charge is 2.36. The van der Waals surface area contributed by atoms with E-state index in [0.29, 0.717) is 30.7 Å².